The maximum atomic E-state index is 12.0. The minimum absolute atomic E-state index is 0.0754. The predicted octanol–water partition coefficient (Wildman–Crippen LogP) is 3.81. The van der Waals surface area contributed by atoms with Crippen molar-refractivity contribution >= 4 is 17.7 Å². The summed E-state index contributed by atoms with van der Waals surface area (Å²) in [4.78, 5) is 12.0. The van der Waals surface area contributed by atoms with Gasteiger partial charge in [-0.05, 0) is 31.0 Å². The van der Waals surface area contributed by atoms with Gasteiger partial charge >= 0.3 is 0 Å². The van der Waals surface area contributed by atoms with Gasteiger partial charge in [0.2, 0.25) is 0 Å². The number of hydrogen-bond acceptors (Lipinski definition) is 3. The van der Waals surface area contributed by atoms with Crippen molar-refractivity contribution < 1.29 is 9.53 Å². The minimum Gasteiger partial charge on any atom is -0.481 e. The molecule has 0 unspecified atom stereocenters. The van der Waals surface area contributed by atoms with Gasteiger partial charge in [0.1, 0.15) is 5.75 Å². The number of carbonyl (C=O) groups is 1. The van der Waals surface area contributed by atoms with Crippen molar-refractivity contribution in [3.05, 3.63) is 65.7 Å². The van der Waals surface area contributed by atoms with E-state index in [1.54, 1.807) is 6.92 Å². The molecule has 23 heavy (non-hydrogen) atoms. The van der Waals surface area contributed by atoms with E-state index < -0.39 is 6.10 Å². The van der Waals surface area contributed by atoms with Crippen molar-refractivity contribution in [2.75, 3.05) is 12.3 Å². The molecule has 1 amide bonds. The Morgan fingerprint density at radius 2 is 1.83 bits per heavy atom. The van der Waals surface area contributed by atoms with Crippen molar-refractivity contribution in [1.29, 1.82) is 0 Å². The lowest BCUT2D eigenvalue weighted by atomic mass is 10.2. The normalized spacial score (nSPS) is 11.7. The number of nitrogens with one attached hydrogen (secondary N) is 1. The van der Waals surface area contributed by atoms with E-state index in [-0.39, 0.29) is 5.91 Å². The van der Waals surface area contributed by atoms with Crippen LogP contribution in [0.25, 0.3) is 0 Å². The lowest BCUT2D eigenvalue weighted by molar-refractivity contribution is -0.127. The molecule has 0 spiro atoms. The third kappa shape index (κ3) is 5.99. The van der Waals surface area contributed by atoms with Crippen molar-refractivity contribution in [3.63, 3.8) is 0 Å². The largest absolute Gasteiger partial charge is 0.481 e. The standard InChI is InChI=1S/C19H23NO2S/c1-15-8-6-7-11-18(15)22-16(2)19(21)20-12-13-23-14-17-9-4-3-5-10-17/h3-11,16H,12-14H2,1-2H3,(H,20,21)/t16-/m0/s1. The van der Waals surface area contributed by atoms with Gasteiger partial charge in [0.05, 0.1) is 0 Å². The van der Waals surface area contributed by atoms with Crippen LogP contribution >= 0.6 is 11.8 Å². The Morgan fingerprint density at radius 1 is 1.13 bits per heavy atom. The SMILES string of the molecule is Cc1ccccc1O[C@@H](C)C(=O)NCCSCc1ccccc1. The van der Waals surface area contributed by atoms with Crippen LogP contribution in [0.2, 0.25) is 0 Å². The summed E-state index contributed by atoms with van der Waals surface area (Å²) < 4.78 is 5.71. The molecular formula is C19H23NO2S. The third-order valence-corrected chi connectivity index (χ3v) is 4.45. The highest BCUT2D eigenvalue weighted by molar-refractivity contribution is 7.98. The minimum atomic E-state index is -0.491. The average Bonchev–Trinajstić information content (AvgIpc) is 2.57. The Labute approximate surface area is 142 Å². The fourth-order valence-electron chi connectivity index (χ4n) is 2.09. The smallest absolute Gasteiger partial charge is 0.260 e. The summed E-state index contributed by atoms with van der Waals surface area (Å²) in [6, 6.07) is 18.1. The van der Waals surface area contributed by atoms with E-state index in [1.807, 2.05) is 61.2 Å². The highest BCUT2D eigenvalue weighted by atomic mass is 32.2. The van der Waals surface area contributed by atoms with Gasteiger partial charge in [-0.1, -0.05) is 48.5 Å². The van der Waals surface area contributed by atoms with Crippen LogP contribution in [0, 0.1) is 6.92 Å². The van der Waals surface area contributed by atoms with Crippen LogP contribution in [-0.2, 0) is 10.5 Å². The first-order chi connectivity index (χ1) is 11.2. The molecule has 1 N–H and O–H groups in total. The highest BCUT2D eigenvalue weighted by Crippen LogP contribution is 2.17. The summed E-state index contributed by atoms with van der Waals surface area (Å²) in [5.41, 5.74) is 2.34. The molecule has 0 aliphatic carbocycles. The monoisotopic (exact) mass is 329 g/mol. The summed E-state index contributed by atoms with van der Waals surface area (Å²) in [7, 11) is 0. The molecule has 0 fully saturated rings. The summed E-state index contributed by atoms with van der Waals surface area (Å²) in [6.07, 6.45) is -0.491. The molecule has 1 atom stereocenters. The zero-order valence-electron chi connectivity index (χ0n) is 13.6. The molecule has 0 radical (unpaired) electrons. The molecular weight excluding hydrogens is 306 g/mol. The van der Waals surface area contributed by atoms with Gasteiger partial charge in [-0.3, -0.25) is 4.79 Å². The second-order valence-electron chi connectivity index (χ2n) is 5.35. The molecule has 2 rings (SSSR count). The molecule has 2 aromatic carbocycles. The number of para-hydroxylation sites is 1. The fraction of sp³-hybridized carbons (Fsp3) is 0.316. The topological polar surface area (TPSA) is 38.3 Å². The number of thioether (sulfide) groups is 1. The van der Waals surface area contributed by atoms with Crippen molar-refractivity contribution in [3.8, 4) is 5.75 Å². The van der Waals surface area contributed by atoms with Gasteiger partial charge in [-0.25, -0.2) is 0 Å². The van der Waals surface area contributed by atoms with E-state index in [9.17, 15) is 4.79 Å². The highest BCUT2D eigenvalue weighted by Gasteiger charge is 2.14. The van der Waals surface area contributed by atoms with Crippen LogP contribution < -0.4 is 10.1 Å². The molecule has 0 saturated carbocycles. The molecule has 0 bridgehead atoms. The molecule has 122 valence electrons. The number of hydrogen-bond donors (Lipinski definition) is 1. The van der Waals surface area contributed by atoms with E-state index >= 15 is 0 Å². The summed E-state index contributed by atoms with van der Waals surface area (Å²) in [5, 5.41) is 2.92. The van der Waals surface area contributed by atoms with Crippen LogP contribution in [0.15, 0.2) is 54.6 Å². The van der Waals surface area contributed by atoms with Crippen LogP contribution in [0.5, 0.6) is 5.75 Å². The Kier molecular flexibility index (Phi) is 7.01. The summed E-state index contributed by atoms with van der Waals surface area (Å²) in [6.45, 7) is 4.40. The van der Waals surface area contributed by atoms with Gasteiger partial charge in [0.15, 0.2) is 6.10 Å². The zero-order chi connectivity index (χ0) is 16.5. The number of aryl methyl sites for hydroxylation is 1. The van der Waals surface area contributed by atoms with Crippen molar-refractivity contribution in [1.82, 2.24) is 5.32 Å². The average molecular weight is 329 g/mol. The van der Waals surface area contributed by atoms with Crippen LogP contribution in [0.3, 0.4) is 0 Å². The Balaban J connectivity index is 1.65. The number of amides is 1. The summed E-state index contributed by atoms with van der Waals surface area (Å²) in [5.74, 6) is 2.53. The molecule has 0 aliphatic rings. The first kappa shape index (κ1) is 17.4. The van der Waals surface area contributed by atoms with Crippen LogP contribution in [0.1, 0.15) is 18.1 Å². The molecule has 0 aromatic heterocycles. The van der Waals surface area contributed by atoms with E-state index in [4.69, 9.17) is 4.74 Å². The fourth-order valence-corrected chi connectivity index (χ4v) is 2.91. The molecule has 2 aromatic rings. The van der Waals surface area contributed by atoms with Gasteiger partial charge in [0, 0.05) is 18.1 Å². The Bertz CT molecular complexity index is 616. The number of rotatable bonds is 8. The lowest BCUT2D eigenvalue weighted by Gasteiger charge is -2.16. The van der Waals surface area contributed by atoms with Gasteiger partial charge in [-0.15, -0.1) is 0 Å². The summed E-state index contributed by atoms with van der Waals surface area (Å²) >= 11 is 1.81. The van der Waals surface area contributed by atoms with Gasteiger partial charge in [-0.2, -0.15) is 11.8 Å². The van der Waals surface area contributed by atoms with Crippen molar-refractivity contribution in [2.45, 2.75) is 25.7 Å². The van der Waals surface area contributed by atoms with Gasteiger partial charge < -0.3 is 10.1 Å². The number of ether oxygens (including phenoxy) is 1. The van der Waals surface area contributed by atoms with Crippen LogP contribution in [0.4, 0.5) is 0 Å². The Hall–Kier alpha value is -1.94. The maximum absolute atomic E-state index is 12.0. The number of benzene rings is 2. The molecule has 0 aliphatic heterocycles. The van der Waals surface area contributed by atoms with Crippen molar-refractivity contribution in [2.24, 2.45) is 0 Å². The molecule has 0 heterocycles. The van der Waals surface area contributed by atoms with E-state index in [0.717, 1.165) is 22.8 Å². The Morgan fingerprint density at radius 3 is 2.57 bits per heavy atom. The quantitative estimate of drug-likeness (QED) is 0.748. The van der Waals surface area contributed by atoms with E-state index in [2.05, 4.69) is 17.4 Å². The second-order valence-corrected chi connectivity index (χ2v) is 6.46. The third-order valence-electron chi connectivity index (χ3n) is 3.42. The van der Waals surface area contributed by atoms with Crippen LogP contribution in [-0.4, -0.2) is 24.3 Å². The number of carbonyl (C=O) groups excluding carboxylic acids is 1. The van der Waals surface area contributed by atoms with E-state index in [0.29, 0.717) is 6.54 Å². The molecule has 0 saturated heterocycles. The predicted molar refractivity (Wildman–Crippen MR) is 96.9 cm³/mol. The molecule has 4 heteroatoms. The van der Waals surface area contributed by atoms with E-state index in [1.165, 1.54) is 5.56 Å². The zero-order valence-corrected chi connectivity index (χ0v) is 14.4. The molecule has 3 nitrogen and oxygen atoms in total. The first-order valence-corrected chi connectivity index (χ1v) is 8.94. The van der Waals surface area contributed by atoms with Gasteiger partial charge in [0.25, 0.3) is 5.91 Å². The first-order valence-electron chi connectivity index (χ1n) is 7.78. The maximum Gasteiger partial charge on any atom is 0.260 e. The second kappa shape index (κ2) is 9.26. The lowest BCUT2D eigenvalue weighted by Crippen LogP contribution is -2.37.